The van der Waals surface area contributed by atoms with Crippen LogP contribution in [0.1, 0.15) is 54.5 Å². The van der Waals surface area contributed by atoms with Gasteiger partial charge in [0.2, 0.25) is 5.82 Å². The van der Waals surface area contributed by atoms with E-state index in [9.17, 15) is 18.0 Å². The molecule has 2 rings (SSSR count). The number of halogens is 3. The van der Waals surface area contributed by atoms with Gasteiger partial charge in [-0.2, -0.15) is 13.2 Å². The number of nitrogens with zero attached hydrogens (tertiary/aromatic N) is 2. The zero-order valence-electron chi connectivity index (χ0n) is 10.3. The molecule has 1 amide bonds. The van der Waals surface area contributed by atoms with Gasteiger partial charge in [0.05, 0.1) is 0 Å². The van der Waals surface area contributed by atoms with E-state index in [1.54, 1.807) is 0 Å². The van der Waals surface area contributed by atoms with Gasteiger partial charge in [-0.1, -0.05) is 0 Å². The first-order valence-corrected chi connectivity index (χ1v) is 6.23. The standard InChI is InChI=1S/C11H15F3N4O/c12-11(13,14)5-1-2-6-15-10(19)9-16-8(17-18-9)7-3-4-7/h7H,1-6H2,(H,15,19)(H,16,17,18). The first kappa shape index (κ1) is 13.8. The molecule has 5 nitrogen and oxygen atoms in total. The third kappa shape index (κ3) is 4.53. The first-order valence-electron chi connectivity index (χ1n) is 6.23. The van der Waals surface area contributed by atoms with Gasteiger partial charge in [0.15, 0.2) is 0 Å². The van der Waals surface area contributed by atoms with E-state index in [0.29, 0.717) is 11.7 Å². The van der Waals surface area contributed by atoms with E-state index in [-0.39, 0.29) is 25.2 Å². The molecule has 0 bridgehead atoms. The van der Waals surface area contributed by atoms with Crippen molar-refractivity contribution < 1.29 is 18.0 Å². The molecular formula is C11H15F3N4O. The van der Waals surface area contributed by atoms with Gasteiger partial charge in [0, 0.05) is 18.9 Å². The highest BCUT2D eigenvalue weighted by Gasteiger charge is 2.28. The fourth-order valence-electron chi connectivity index (χ4n) is 1.65. The van der Waals surface area contributed by atoms with Crippen molar-refractivity contribution in [1.82, 2.24) is 20.5 Å². The number of aromatic amines is 1. The van der Waals surface area contributed by atoms with E-state index >= 15 is 0 Å². The summed E-state index contributed by atoms with van der Waals surface area (Å²) in [5, 5.41) is 8.99. The van der Waals surface area contributed by atoms with Crippen LogP contribution in [-0.2, 0) is 0 Å². The van der Waals surface area contributed by atoms with Crippen molar-refractivity contribution in [2.24, 2.45) is 0 Å². The molecule has 0 spiro atoms. The molecule has 1 aliphatic rings. The van der Waals surface area contributed by atoms with E-state index in [1.807, 2.05) is 0 Å². The Morgan fingerprint density at radius 1 is 1.37 bits per heavy atom. The summed E-state index contributed by atoms with van der Waals surface area (Å²) in [6.07, 6.45) is -2.57. The molecule has 1 aromatic rings. The lowest BCUT2D eigenvalue weighted by atomic mass is 10.2. The maximum absolute atomic E-state index is 11.9. The van der Waals surface area contributed by atoms with Gasteiger partial charge in [-0.05, 0) is 25.7 Å². The van der Waals surface area contributed by atoms with Crippen LogP contribution in [0.2, 0.25) is 0 Å². The Kier molecular flexibility index (Phi) is 4.06. The van der Waals surface area contributed by atoms with Crippen LogP contribution in [0.5, 0.6) is 0 Å². The van der Waals surface area contributed by atoms with Gasteiger partial charge in [-0.15, -0.1) is 5.10 Å². The molecule has 8 heteroatoms. The van der Waals surface area contributed by atoms with Crippen molar-refractivity contribution in [2.75, 3.05) is 6.54 Å². The van der Waals surface area contributed by atoms with Crippen molar-refractivity contribution in [3.63, 3.8) is 0 Å². The highest BCUT2D eigenvalue weighted by atomic mass is 19.4. The molecule has 2 N–H and O–H groups in total. The largest absolute Gasteiger partial charge is 0.389 e. The van der Waals surface area contributed by atoms with Gasteiger partial charge in [0.1, 0.15) is 5.82 Å². The van der Waals surface area contributed by atoms with Crippen molar-refractivity contribution in [3.05, 3.63) is 11.6 Å². The summed E-state index contributed by atoms with van der Waals surface area (Å²) in [6.45, 7) is 0.197. The Balaban J connectivity index is 1.66. The van der Waals surface area contributed by atoms with E-state index in [1.165, 1.54) is 0 Å². The molecular weight excluding hydrogens is 261 g/mol. The lowest BCUT2D eigenvalue weighted by Crippen LogP contribution is -2.25. The number of alkyl halides is 3. The predicted octanol–water partition coefficient (Wildman–Crippen LogP) is 2.14. The number of H-pyrrole nitrogens is 1. The van der Waals surface area contributed by atoms with Gasteiger partial charge in [-0.3, -0.25) is 9.89 Å². The van der Waals surface area contributed by atoms with Gasteiger partial charge in [0.25, 0.3) is 5.91 Å². The summed E-state index contributed by atoms with van der Waals surface area (Å²) in [6, 6.07) is 0. The Labute approximate surface area is 108 Å². The zero-order valence-corrected chi connectivity index (χ0v) is 10.3. The van der Waals surface area contributed by atoms with Crippen LogP contribution in [0.4, 0.5) is 13.2 Å². The fraction of sp³-hybridized carbons (Fsp3) is 0.727. The molecule has 1 saturated carbocycles. The van der Waals surface area contributed by atoms with Crippen LogP contribution in [-0.4, -0.2) is 33.8 Å². The highest BCUT2D eigenvalue weighted by molar-refractivity contribution is 5.90. The molecule has 1 heterocycles. The topological polar surface area (TPSA) is 70.7 Å². The number of amides is 1. The molecule has 1 aliphatic carbocycles. The maximum atomic E-state index is 11.9. The molecule has 0 atom stereocenters. The molecule has 0 saturated heterocycles. The lowest BCUT2D eigenvalue weighted by Gasteiger charge is -2.05. The smallest absolute Gasteiger partial charge is 0.349 e. The monoisotopic (exact) mass is 276 g/mol. The minimum absolute atomic E-state index is 0.00506. The molecule has 19 heavy (non-hydrogen) atoms. The van der Waals surface area contributed by atoms with E-state index in [2.05, 4.69) is 20.5 Å². The van der Waals surface area contributed by atoms with Gasteiger partial charge >= 0.3 is 6.18 Å². The van der Waals surface area contributed by atoms with Crippen LogP contribution in [0.3, 0.4) is 0 Å². The Morgan fingerprint density at radius 2 is 2.11 bits per heavy atom. The molecule has 0 aliphatic heterocycles. The van der Waals surface area contributed by atoms with Crippen LogP contribution < -0.4 is 5.32 Å². The number of hydrogen-bond acceptors (Lipinski definition) is 3. The molecule has 0 unspecified atom stereocenters. The minimum atomic E-state index is -4.13. The second-order valence-corrected chi connectivity index (χ2v) is 4.65. The van der Waals surface area contributed by atoms with Crippen LogP contribution >= 0.6 is 0 Å². The summed E-state index contributed by atoms with van der Waals surface area (Å²) in [5.41, 5.74) is 0. The number of nitrogens with one attached hydrogen (secondary N) is 2. The maximum Gasteiger partial charge on any atom is 0.389 e. The SMILES string of the molecule is O=C(NCCCCC(F)(F)F)c1n[nH]c(C2CC2)n1. The summed E-state index contributed by atoms with van der Waals surface area (Å²) in [5.74, 6) is 0.691. The Hall–Kier alpha value is -1.60. The quantitative estimate of drug-likeness (QED) is 0.782. The van der Waals surface area contributed by atoms with Gasteiger partial charge in [-0.25, -0.2) is 4.98 Å². The normalized spacial score (nSPS) is 15.5. The van der Waals surface area contributed by atoms with E-state index in [4.69, 9.17) is 0 Å². The predicted molar refractivity (Wildman–Crippen MR) is 60.6 cm³/mol. The lowest BCUT2D eigenvalue weighted by molar-refractivity contribution is -0.135. The molecule has 0 aromatic carbocycles. The number of unbranched alkanes of at least 4 members (excludes halogenated alkanes) is 1. The first-order chi connectivity index (χ1) is 8.96. The summed E-state index contributed by atoms with van der Waals surface area (Å²) < 4.78 is 35.6. The number of aromatic nitrogens is 3. The minimum Gasteiger partial charge on any atom is -0.349 e. The molecule has 106 valence electrons. The van der Waals surface area contributed by atoms with Crippen LogP contribution in [0, 0.1) is 0 Å². The Morgan fingerprint density at radius 3 is 2.74 bits per heavy atom. The molecule has 1 fully saturated rings. The van der Waals surface area contributed by atoms with Crippen molar-refractivity contribution in [2.45, 2.75) is 44.2 Å². The number of hydrogen-bond donors (Lipinski definition) is 2. The number of rotatable bonds is 6. The Bertz CT molecular complexity index is 439. The summed E-state index contributed by atoms with van der Waals surface area (Å²) in [7, 11) is 0. The van der Waals surface area contributed by atoms with Crippen molar-refractivity contribution in [3.8, 4) is 0 Å². The van der Waals surface area contributed by atoms with Crippen molar-refractivity contribution >= 4 is 5.91 Å². The second-order valence-electron chi connectivity index (χ2n) is 4.65. The van der Waals surface area contributed by atoms with Crippen LogP contribution in [0.25, 0.3) is 0 Å². The third-order valence-electron chi connectivity index (χ3n) is 2.84. The van der Waals surface area contributed by atoms with E-state index in [0.717, 1.165) is 12.8 Å². The average molecular weight is 276 g/mol. The summed E-state index contributed by atoms with van der Waals surface area (Å²) >= 11 is 0. The highest BCUT2D eigenvalue weighted by Crippen LogP contribution is 2.37. The second kappa shape index (κ2) is 5.58. The third-order valence-corrected chi connectivity index (χ3v) is 2.84. The van der Waals surface area contributed by atoms with Gasteiger partial charge < -0.3 is 5.32 Å². The van der Waals surface area contributed by atoms with Crippen LogP contribution in [0.15, 0.2) is 0 Å². The summed E-state index contributed by atoms with van der Waals surface area (Å²) in [4.78, 5) is 15.6. The zero-order chi connectivity index (χ0) is 13.9. The van der Waals surface area contributed by atoms with Crippen molar-refractivity contribution in [1.29, 1.82) is 0 Å². The average Bonchev–Trinajstić information content (AvgIpc) is 3.05. The fourth-order valence-corrected chi connectivity index (χ4v) is 1.65. The number of carbonyl (C=O) groups excluding carboxylic acids is 1. The molecule has 0 radical (unpaired) electrons. The van der Waals surface area contributed by atoms with E-state index < -0.39 is 18.5 Å². The number of carbonyl (C=O) groups is 1. The molecule has 1 aromatic heterocycles.